The molecule has 104 valence electrons. The van der Waals surface area contributed by atoms with Gasteiger partial charge in [-0.15, -0.1) is 0 Å². The number of piperidine rings is 1. The van der Waals surface area contributed by atoms with Gasteiger partial charge < -0.3 is 10.3 Å². The fourth-order valence-electron chi connectivity index (χ4n) is 2.87. The molecule has 0 atom stereocenters. The molecule has 0 radical (unpaired) electrons. The van der Waals surface area contributed by atoms with Crippen molar-refractivity contribution in [3.05, 3.63) is 11.8 Å². The highest BCUT2D eigenvalue weighted by Gasteiger charge is 2.26. The van der Waals surface area contributed by atoms with Gasteiger partial charge in [-0.2, -0.15) is 0 Å². The van der Waals surface area contributed by atoms with Crippen LogP contribution in [0.5, 0.6) is 0 Å². The fraction of sp³-hybridized carbons (Fsp3) is 0.667. The van der Waals surface area contributed by atoms with Crippen LogP contribution < -0.4 is 0 Å². The maximum atomic E-state index is 12.3. The summed E-state index contributed by atoms with van der Waals surface area (Å²) in [7, 11) is 0. The maximum absolute atomic E-state index is 12.3. The second kappa shape index (κ2) is 6.64. The summed E-state index contributed by atoms with van der Waals surface area (Å²) in [6.45, 7) is 3.10. The van der Waals surface area contributed by atoms with Gasteiger partial charge in [0.2, 0.25) is 5.91 Å². The number of likely N-dealkylation sites (tertiary alicyclic amines) is 1. The van der Waals surface area contributed by atoms with Crippen LogP contribution in [0.2, 0.25) is 0 Å². The van der Waals surface area contributed by atoms with E-state index in [2.05, 4.69) is 4.99 Å². The minimum absolute atomic E-state index is 0.255. The van der Waals surface area contributed by atoms with Gasteiger partial charge in [0.25, 0.3) is 0 Å². The summed E-state index contributed by atoms with van der Waals surface area (Å²) >= 11 is 0. The van der Waals surface area contributed by atoms with Crippen molar-refractivity contribution in [2.24, 2.45) is 10.9 Å². The number of hydrogen-bond donors (Lipinski definition) is 1. The Morgan fingerprint density at radius 3 is 2.89 bits per heavy atom. The SMILES string of the molecule is CC=N/C=C1/CN(C(=O)CC2CCCC2)CCC1=N. The molecule has 1 saturated carbocycles. The molecule has 0 aromatic heterocycles. The van der Waals surface area contributed by atoms with Crippen molar-refractivity contribution >= 4 is 17.8 Å². The summed E-state index contributed by atoms with van der Waals surface area (Å²) < 4.78 is 0. The number of rotatable bonds is 3. The van der Waals surface area contributed by atoms with Gasteiger partial charge in [0, 0.05) is 49.6 Å². The smallest absolute Gasteiger partial charge is 0.223 e. The zero-order chi connectivity index (χ0) is 13.7. The largest absolute Gasteiger partial charge is 0.338 e. The van der Waals surface area contributed by atoms with Crippen molar-refractivity contribution in [2.75, 3.05) is 13.1 Å². The molecule has 1 aliphatic heterocycles. The van der Waals surface area contributed by atoms with E-state index >= 15 is 0 Å². The first-order valence-corrected chi connectivity index (χ1v) is 7.23. The number of carbonyl (C=O) groups excluding carboxylic acids is 1. The van der Waals surface area contributed by atoms with E-state index in [4.69, 9.17) is 5.41 Å². The average Bonchev–Trinajstić information content (AvgIpc) is 2.90. The molecule has 1 aliphatic carbocycles. The molecule has 0 unspecified atom stereocenters. The Hall–Kier alpha value is -1.45. The lowest BCUT2D eigenvalue weighted by Gasteiger charge is -2.29. The van der Waals surface area contributed by atoms with Gasteiger partial charge in [-0.3, -0.25) is 9.79 Å². The van der Waals surface area contributed by atoms with E-state index in [1.54, 1.807) is 12.4 Å². The topological polar surface area (TPSA) is 56.5 Å². The molecule has 1 amide bonds. The molecule has 4 heteroatoms. The van der Waals surface area contributed by atoms with Crippen molar-refractivity contribution in [3.8, 4) is 0 Å². The predicted octanol–water partition coefficient (Wildman–Crippen LogP) is 2.79. The van der Waals surface area contributed by atoms with Crippen LogP contribution in [0.25, 0.3) is 0 Å². The summed E-state index contributed by atoms with van der Waals surface area (Å²) in [5, 5.41) is 7.90. The van der Waals surface area contributed by atoms with Gasteiger partial charge >= 0.3 is 0 Å². The third-order valence-corrected chi connectivity index (χ3v) is 4.05. The summed E-state index contributed by atoms with van der Waals surface area (Å²) in [6.07, 6.45) is 9.74. The number of carbonyl (C=O) groups is 1. The Balaban J connectivity index is 1.93. The lowest BCUT2D eigenvalue weighted by Crippen LogP contribution is -2.40. The van der Waals surface area contributed by atoms with Crippen LogP contribution >= 0.6 is 0 Å². The van der Waals surface area contributed by atoms with Gasteiger partial charge in [-0.25, -0.2) is 0 Å². The fourth-order valence-corrected chi connectivity index (χ4v) is 2.87. The Kier molecular flexibility index (Phi) is 4.88. The third kappa shape index (κ3) is 3.75. The van der Waals surface area contributed by atoms with Crippen molar-refractivity contribution in [2.45, 2.75) is 45.4 Å². The van der Waals surface area contributed by atoms with Gasteiger partial charge in [0.15, 0.2) is 0 Å². The third-order valence-electron chi connectivity index (χ3n) is 4.05. The number of amides is 1. The van der Waals surface area contributed by atoms with Crippen molar-refractivity contribution < 1.29 is 4.79 Å². The molecule has 0 bridgehead atoms. The highest BCUT2D eigenvalue weighted by Crippen LogP contribution is 2.28. The van der Waals surface area contributed by atoms with Crippen LogP contribution in [0.15, 0.2) is 16.8 Å². The molecule has 2 rings (SSSR count). The van der Waals surface area contributed by atoms with Crippen molar-refractivity contribution in [1.82, 2.24) is 4.90 Å². The number of hydrogen-bond acceptors (Lipinski definition) is 3. The first-order chi connectivity index (χ1) is 9.20. The van der Waals surface area contributed by atoms with E-state index in [1.165, 1.54) is 25.7 Å². The molecule has 0 aromatic rings. The van der Waals surface area contributed by atoms with E-state index < -0.39 is 0 Å². The van der Waals surface area contributed by atoms with Crippen molar-refractivity contribution in [1.29, 1.82) is 5.41 Å². The van der Waals surface area contributed by atoms with Crippen LogP contribution in [0.3, 0.4) is 0 Å². The molecule has 0 spiro atoms. The quantitative estimate of drug-likeness (QED) is 0.780. The molecule has 2 aliphatic rings. The first kappa shape index (κ1) is 14.0. The Bertz CT molecular complexity index is 406. The van der Waals surface area contributed by atoms with Crippen LogP contribution in [0, 0.1) is 11.3 Å². The van der Waals surface area contributed by atoms with Gasteiger partial charge in [0.05, 0.1) is 0 Å². The van der Waals surface area contributed by atoms with E-state index in [-0.39, 0.29) is 5.91 Å². The molecule has 2 fully saturated rings. The minimum atomic E-state index is 0.255. The lowest BCUT2D eigenvalue weighted by molar-refractivity contribution is -0.131. The van der Waals surface area contributed by atoms with Gasteiger partial charge in [-0.05, 0) is 25.7 Å². The molecular formula is C15H23N3O. The predicted molar refractivity (Wildman–Crippen MR) is 77.7 cm³/mol. The van der Waals surface area contributed by atoms with Gasteiger partial charge in [0.1, 0.15) is 0 Å². The van der Waals surface area contributed by atoms with Crippen molar-refractivity contribution in [3.63, 3.8) is 0 Å². The summed E-state index contributed by atoms with van der Waals surface area (Å²) in [6, 6.07) is 0. The molecule has 1 N–H and O–H groups in total. The normalized spacial score (nSPS) is 23.7. The average molecular weight is 261 g/mol. The number of aliphatic imine (C=N–C) groups is 1. The standard InChI is InChI=1S/C15H23N3O/c1-2-17-10-13-11-18(8-7-14(13)16)15(19)9-12-5-3-4-6-12/h2,10,12,16H,3-9,11H2,1H3/b13-10-,16-14?,17-2?. The highest BCUT2D eigenvalue weighted by molar-refractivity contribution is 6.00. The zero-order valence-electron chi connectivity index (χ0n) is 11.7. The molecule has 0 aromatic carbocycles. The van der Waals surface area contributed by atoms with Crippen LogP contribution in [-0.2, 0) is 4.79 Å². The zero-order valence-corrected chi connectivity index (χ0v) is 11.7. The summed E-state index contributed by atoms with van der Waals surface area (Å²) in [4.78, 5) is 18.2. The van der Waals surface area contributed by atoms with Crippen LogP contribution in [0.1, 0.15) is 45.4 Å². The monoisotopic (exact) mass is 261 g/mol. The second-order valence-electron chi connectivity index (χ2n) is 5.46. The summed E-state index contributed by atoms with van der Waals surface area (Å²) in [5.74, 6) is 0.848. The van der Waals surface area contributed by atoms with Crippen LogP contribution in [-0.4, -0.2) is 35.8 Å². The first-order valence-electron chi connectivity index (χ1n) is 7.23. The molecular weight excluding hydrogens is 238 g/mol. The number of nitrogens with one attached hydrogen (secondary N) is 1. The Morgan fingerprint density at radius 2 is 2.21 bits per heavy atom. The lowest BCUT2D eigenvalue weighted by atomic mass is 9.99. The van der Waals surface area contributed by atoms with Gasteiger partial charge in [-0.1, -0.05) is 12.8 Å². The van der Waals surface area contributed by atoms with E-state index in [9.17, 15) is 4.79 Å². The Labute approximate surface area is 115 Å². The minimum Gasteiger partial charge on any atom is -0.338 e. The molecule has 19 heavy (non-hydrogen) atoms. The number of nitrogens with zero attached hydrogens (tertiary/aromatic N) is 2. The van der Waals surface area contributed by atoms with E-state index in [0.29, 0.717) is 37.6 Å². The molecule has 1 saturated heterocycles. The molecule has 1 heterocycles. The van der Waals surface area contributed by atoms with Crippen LogP contribution in [0.4, 0.5) is 0 Å². The second-order valence-corrected chi connectivity index (χ2v) is 5.46. The maximum Gasteiger partial charge on any atom is 0.223 e. The Morgan fingerprint density at radius 1 is 1.47 bits per heavy atom. The summed E-state index contributed by atoms with van der Waals surface area (Å²) in [5.41, 5.74) is 1.50. The van der Waals surface area contributed by atoms with E-state index in [1.807, 2.05) is 11.8 Å². The molecule has 4 nitrogen and oxygen atoms in total. The van der Waals surface area contributed by atoms with E-state index in [0.717, 1.165) is 5.57 Å². The highest BCUT2D eigenvalue weighted by atomic mass is 16.2.